The smallest absolute Gasteiger partial charge is 0.224 e. The molecule has 0 aliphatic heterocycles. The molecule has 1 saturated carbocycles. The third-order valence-electron chi connectivity index (χ3n) is 4.45. The molecule has 0 N–H and O–H groups in total. The zero-order chi connectivity index (χ0) is 17.0. The van der Waals surface area contributed by atoms with Crippen LogP contribution >= 0.6 is 11.6 Å². The highest BCUT2D eigenvalue weighted by Gasteiger charge is 2.43. The van der Waals surface area contributed by atoms with Gasteiger partial charge in [-0.2, -0.15) is 5.26 Å². The number of nitrogens with zero attached hydrogens (tertiary/aromatic N) is 2. The molecular formula is C17H19ClN2O3. The summed E-state index contributed by atoms with van der Waals surface area (Å²) in [5.41, 5.74) is -0.306. The Labute approximate surface area is 140 Å². The van der Waals surface area contributed by atoms with Gasteiger partial charge in [0.2, 0.25) is 5.91 Å². The van der Waals surface area contributed by atoms with Crippen LogP contribution in [0.1, 0.15) is 42.5 Å². The van der Waals surface area contributed by atoms with Gasteiger partial charge in [-0.05, 0) is 37.5 Å². The van der Waals surface area contributed by atoms with Crippen LogP contribution in [0.25, 0.3) is 0 Å². The lowest BCUT2D eigenvalue weighted by atomic mass is 9.76. The molecule has 122 valence electrons. The van der Waals surface area contributed by atoms with Gasteiger partial charge in [0.1, 0.15) is 11.3 Å². The van der Waals surface area contributed by atoms with Crippen LogP contribution in [0.4, 0.5) is 0 Å². The van der Waals surface area contributed by atoms with E-state index in [0.29, 0.717) is 29.2 Å². The monoisotopic (exact) mass is 334 g/mol. The highest BCUT2D eigenvalue weighted by molar-refractivity contribution is 6.34. The number of nitriles is 1. The highest BCUT2D eigenvalue weighted by Crippen LogP contribution is 2.36. The van der Waals surface area contributed by atoms with Gasteiger partial charge < -0.3 is 9.64 Å². The molecule has 1 fully saturated rings. The molecule has 0 heterocycles. The van der Waals surface area contributed by atoms with Crippen LogP contribution in [-0.2, 0) is 4.79 Å². The standard InChI is InChI=1S/C17H19ClN2O3/c1-20(17(11-19)8-3-9-17)16(22)7-6-15(21)13-5-4-12(23-2)10-14(13)18/h4-5,10H,3,6-9H2,1-2H3. The van der Waals surface area contributed by atoms with Crippen LogP contribution in [0.5, 0.6) is 5.75 Å². The summed E-state index contributed by atoms with van der Waals surface area (Å²) in [7, 11) is 3.16. The van der Waals surface area contributed by atoms with Gasteiger partial charge in [-0.25, -0.2) is 0 Å². The maximum Gasteiger partial charge on any atom is 0.224 e. The second-order valence-electron chi connectivity index (χ2n) is 5.72. The molecule has 1 aliphatic rings. The predicted molar refractivity (Wildman–Crippen MR) is 86.5 cm³/mol. The fourth-order valence-electron chi connectivity index (χ4n) is 2.64. The second kappa shape index (κ2) is 7.01. The number of amides is 1. The summed E-state index contributed by atoms with van der Waals surface area (Å²) in [6, 6.07) is 7.05. The van der Waals surface area contributed by atoms with Crippen molar-refractivity contribution in [2.24, 2.45) is 0 Å². The lowest BCUT2D eigenvalue weighted by Gasteiger charge is -2.43. The summed E-state index contributed by atoms with van der Waals surface area (Å²) < 4.78 is 5.04. The van der Waals surface area contributed by atoms with Crippen molar-refractivity contribution in [3.63, 3.8) is 0 Å². The number of rotatable bonds is 6. The van der Waals surface area contributed by atoms with Crippen molar-refractivity contribution in [3.05, 3.63) is 28.8 Å². The van der Waals surface area contributed by atoms with Crippen molar-refractivity contribution >= 4 is 23.3 Å². The van der Waals surface area contributed by atoms with Gasteiger partial charge in [-0.15, -0.1) is 0 Å². The van der Waals surface area contributed by atoms with Crippen molar-refractivity contribution in [1.82, 2.24) is 4.90 Å². The fraction of sp³-hybridized carbons (Fsp3) is 0.471. The number of hydrogen-bond acceptors (Lipinski definition) is 4. The molecule has 23 heavy (non-hydrogen) atoms. The van der Waals surface area contributed by atoms with Gasteiger partial charge in [-0.1, -0.05) is 11.6 Å². The first-order valence-corrected chi connectivity index (χ1v) is 7.86. The van der Waals surface area contributed by atoms with Crippen molar-refractivity contribution in [2.45, 2.75) is 37.6 Å². The summed E-state index contributed by atoms with van der Waals surface area (Å²) in [6.07, 6.45) is 2.48. The topological polar surface area (TPSA) is 70.4 Å². The van der Waals surface area contributed by atoms with Crippen LogP contribution in [0.3, 0.4) is 0 Å². The van der Waals surface area contributed by atoms with E-state index in [1.165, 1.54) is 12.0 Å². The molecule has 0 bridgehead atoms. The molecule has 0 spiro atoms. The fourth-order valence-corrected chi connectivity index (χ4v) is 2.92. The molecule has 5 nitrogen and oxygen atoms in total. The average molecular weight is 335 g/mol. The first kappa shape index (κ1) is 17.3. The van der Waals surface area contributed by atoms with Crippen LogP contribution < -0.4 is 4.74 Å². The van der Waals surface area contributed by atoms with E-state index < -0.39 is 5.54 Å². The lowest BCUT2D eigenvalue weighted by molar-refractivity contribution is -0.136. The number of methoxy groups -OCH3 is 1. The third-order valence-corrected chi connectivity index (χ3v) is 4.76. The van der Waals surface area contributed by atoms with Crippen LogP contribution in [0.15, 0.2) is 18.2 Å². The van der Waals surface area contributed by atoms with Crippen LogP contribution in [-0.4, -0.2) is 36.3 Å². The number of halogens is 1. The van der Waals surface area contributed by atoms with Crippen molar-refractivity contribution in [3.8, 4) is 11.8 Å². The zero-order valence-electron chi connectivity index (χ0n) is 13.3. The van der Waals surface area contributed by atoms with E-state index in [0.717, 1.165) is 6.42 Å². The van der Waals surface area contributed by atoms with Crippen molar-refractivity contribution in [2.75, 3.05) is 14.2 Å². The van der Waals surface area contributed by atoms with E-state index in [2.05, 4.69) is 6.07 Å². The SMILES string of the molecule is COc1ccc(C(=O)CCC(=O)N(C)C2(C#N)CCC2)c(Cl)c1. The van der Waals surface area contributed by atoms with Gasteiger partial charge in [0.25, 0.3) is 0 Å². The highest BCUT2D eigenvalue weighted by atomic mass is 35.5. The van der Waals surface area contributed by atoms with E-state index in [-0.39, 0.29) is 24.5 Å². The maximum absolute atomic E-state index is 12.2. The Kier molecular flexibility index (Phi) is 5.27. The number of ketones is 1. The molecule has 0 unspecified atom stereocenters. The van der Waals surface area contributed by atoms with Crippen molar-refractivity contribution < 1.29 is 14.3 Å². The molecule has 2 rings (SSSR count). The summed E-state index contributed by atoms with van der Waals surface area (Å²) in [5, 5.41) is 9.56. The maximum atomic E-state index is 12.2. The van der Waals surface area contributed by atoms with Gasteiger partial charge in [0.05, 0.1) is 18.2 Å². The Balaban J connectivity index is 1.96. The predicted octanol–water partition coefficient (Wildman–Crippen LogP) is 3.22. The van der Waals surface area contributed by atoms with E-state index in [4.69, 9.17) is 16.3 Å². The molecule has 1 aromatic rings. The lowest BCUT2D eigenvalue weighted by Crippen LogP contribution is -2.53. The Bertz CT molecular complexity index is 662. The zero-order valence-corrected chi connectivity index (χ0v) is 14.0. The third kappa shape index (κ3) is 3.48. The Morgan fingerprint density at radius 3 is 2.57 bits per heavy atom. The largest absolute Gasteiger partial charge is 0.497 e. The summed E-state index contributed by atoms with van der Waals surface area (Å²) >= 11 is 6.07. The first-order chi connectivity index (χ1) is 10.9. The van der Waals surface area contributed by atoms with Crippen LogP contribution in [0, 0.1) is 11.3 Å². The number of Topliss-reactive ketones (excluding diaryl/α,β-unsaturated/α-hetero) is 1. The van der Waals surface area contributed by atoms with E-state index in [9.17, 15) is 14.9 Å². The van der Waals surface area contributed by atoms with Crippen molar-refractivity contribution in [1.29, 1.82) is 5.26 Å². The number of carbonyl (C=O) groups excluding carboxylic acids is 2. The number of benzene rings is 1. The number of carbonyl (C=O) groups is 2. The second-order valence-corrected chi connectivity index (χ2v) is 6.13. The molecule has 1 aliphatic carbocycles. The molecule has 0 atom stereocenters. The Hall–Kier alpha value is -2.06. The quantitative estimate of drug-likeness (QED) is 0.749. The summed E-state index contributed by atoms with van der Waals surface area (Å²) in [5.74, 6) is 0.187. The molecule has 0 aromatic heterocycles. The Morgan fingerprint density at radius 1 is 1.39 bits per heavy atom. The minimum Gasteiger partial charge on any atom is -0.497 e. The number of hydrogen-bond donors (Lipinski definition) is 0. The normalized spacial score (nSPS) is 15.2. The average Bonchev–Trinajstić information content (AvgIpc) is 2.51. The summed E-state index contributed by atoms with van der Waals surface area (Å²) in [6.45, 7) is 0. The first-order valence-electron chi connectivity index (χ1n) is 7.48. The van der Waals surface area contributed by atoms with Crippen LogP contribution in [0.2, 0.25) is 5.02 Å². The van der Waals surface area contributed by atoms with Gasteiger partial charge in [-0.3, -0.25) is 9.59 Å². The van der Waals surface area contributed by atoms with E-state index in [1.807, 2.05) is 0 Å². The molecule has 0 radical (unpaired) electrons. The minimum absolute atomic E-state index is 0.0662. The van der Waals surface area contributed by atoms with Gasteiger partial charge in [0, 0.05) is 25.5 Å². The summed E-state index contributed by atoms with van der Waals surface area (Å²) in [4.78, 5) is 26.0. The van der Waals surface area contributed by atoms with Gasteiger partial charge >= 0.3 is 0 Å². The molecule has 1 amide bonds. The molecular weight excluding hydrogens is 316 g/mol. The minimum atomic E-state index is -0.683. The number of ether oxygens (including phenoxy) is 1. The Morgan fingerprint density at radius 2 is 2.09 bits per heavy atom. The van der Waals surface area contributed by atoms with Gasteiger partial charge in [0.15, 0.2) is 5.78 Å². The van der Waals surface area contributed by atoms with E-state index >= 15 is 0 Å². The molecule has 6 heteroatoms. The molecule has 1 aromatic carbocycles. The molecule has 0 saturated heterocycles. The van der Waals surface area contributed by atoms with E-state index in [1.54, 1.807) is 25.2 Å².